The molecule has 1 saturated heterocycles. The van der Waals surface area contributed by atoms with E-state index in [9.17, 15) is 15.0 Å². The Hall–Kier alpha value is -2.93. The maximum Gasteiger partial charge on any atom is 0.259 e. The van der Waals surface area contributed by atoms with Gasteiger partial charge in [-0.25, -0.2) is 0 Å². The molecule has 1 fully saturated rings. The Kier molecular flexibility index (Phi) is 7.05. The van der Waals surface area contributed by atoms with Crippen LogP contribution in [0.3, 0.4) is 0 Å². The first-order chi connectivity index (χ1) is 15.6. The Morgan fingerprint density at radius 2 is 1.56 bits per heavy atom. The Bertz CT molecular complexity index is 1070. The summed E-state index contributed by atoms with van der Waals surface area (Å²) in [7, 11) is 0. The van der Waals surface area contributed by atoms with Crippen LogP contribution in [0.4, 0.5) is 0 Å². The standard InChI is InChI=1S/C26H31N3O3/c1-20-18-23(31)24(26(32)29(20)19-21-8-4-2-5-9-21)25(22-10-6-3-7-11-22)28-14-12-27(13-15-28)16-17-30/h2-11,18,25,30-31H,12-17,19H2,1H3/t25-/m1/s1. The van der Waals surface area contributed by atoms with Crippen LogP contribution in [0.5, 0.6) is 5.75 Å². The number of hydrogen-bond donors (Lipinski definition) is 2. The molecule has 2 aromatic carbocycles. The average molecular weight is 434 g/mol. The van der Waals surface area contributed by atoms with Crippen LogP contribution in [-0.4, -0.2) is 63.9 Å². The molecule has 168 valence electrons. The minimum absolute atomic E-state index is 0.0449. The summed E-state index contributed by atoms with van der Waals surface area (Å²) in [5.74, 6) is 0.0449. The first-order valence-corrected chi connectivity index (χ1v) is 11.2. The Morgan fingerprint density at radius 3 is 2.19 bits per heavy atom. The molecule has 0 spiro atoms. The van der Waals surface area contributed by atoms with Crippen LogP contribution in [-0.2, 0) is 6.54 Å². The van der Waals surface area contributed by atoms with Gasteiger partial charge in [-0.3, -0.25) is 14.6 Å². The number of rotatable bonds is 7. The molecule has 0 radical (unpaired) electrons. The van der Waals surface area contributed by atoms with Crippen LogP contribution in [0.1, 0.15) is 28.4 Å². The van der Waals surface area contributed by atoms with Crippen molar-refractivity contribution in [3.05, 3.63) is 99.5 Å². The van der Waals surface area contributed by atoms with Crippen molar-refractivity contribution >= 4 is 0 Å². The Balaban J connectivity index is 1.76. The molecule has 0 unspecified atom stereocenters. The lowest BCUT2D eigenvalue weighted by Gasteiger charge is -2.39. The molecule has 2 N–H and O–H groups in total. The highest BCUT2D eigenvalue weighted by Crippen LogP contribution is 2.33. The summed E-state index contributed by atoms with van der Waals surface area (Å²) in [5, 5.41) is 20.2. The van der Waals surface area contributed by atoms with Crippen LogP contribution in [0.25, 0.3) is 0 Å². The largest absolute Gasteiger partial charge is 0.507 e. The fourth-order valence-corrected chi connectivity index (χ4v) is 4.57. The van der Waals surface area contributed by atoms with Crippen molar-refractivity contribution in [1.29, 1.82) is 0 Å². The van der Waals surface area contributed by atoms with Gasteiger partial charge in [0.1, 0.15) is 5.75 Å². The van der Waals surface area contributed by atoms with E-state index in [-0.39, 0.29) is 24.0 Å². The number of benzene rings is 2. The van der Waals surface area contributed by atoms with E-state index in [1.165, 1.54) is 0 Å². The number of pyridine rings is 1. The lowest BCUT2D eigenvalue weighted by Crippen LogP contribution is -2.49. The minimum atomic E-state index is -0.331. The third-order valence-electron chi connectivity index (χ3n) is 6.28. The fraction of sp³-hybridized carbons (Fsp3) is 0.346. The highest BCUT2D eigenvalue weighted by atomic mass is 16.3. The summed E-state index contributed by atoms with van der Waals surface area (Å²) in [5.41, 5.74) is 3.04. The molecule has 0 bridgehead atoms. The number of aromatic hydroxyl groups is 1. The van der Waals surface area contributed by atoms with Gasteiger partial charge in [0.25, 0.3) is 5.56 Å². The van der Waals surface area contributed by atoms with Crippen molar-refractivity contribution in [3.8, 4) is 5.75 Å². The first-order valence-electron chi connectivity index (χ1n) is 11.2. The van der Waals surface area contributed by atoms with E-state index in [0.717, 1.165) is 43.0 Å². The van der Waals surface area contributed by atoms with Gasteiger partial charge in [0.15, 0.2) is 0 Å². The second-order valence-electron chi connectivity index (χ2n) is 8.38. The smallest absolute Gasteiger partial charge is 0.259 e. The molecule has 3 aromatic rings. The molecular weight excluding hydrogens is 402 g/mol. The fourth-order valence-electron chi connectivity index (χ4n) is 4.57. The van der Waals surface area contributed by atoms with E-state index in [2.05, 4.69) is 9.80 Å². The minimum Gasteiger partial charge on any atom is -0.507 e. The molecule has 6 heteroatoms. The number of aromatic nitrogens is 1. The van der Waals surface area contributed by atoms with Crippen molar-refractivity contribution in [2.45, 2.75) is 19.5 Å². The number of nitrogens with zero attached hydrogens (tertiary/aromatic N) is 3. The molecule has 0 aliphatic carbocycles. The normalized spacial score (nSPS) is 16.2. The third-order valence-corrected chi connectivity index (χ3v) is 6.28. The molecule has 1 atom stereocenters. The van der Waals surface area contributed by atoms with Crippen LogP contribution < -0.4 is 5.56 Å². The van der Waals surface area contributed by atoms with E-state index in [1.807, 2.05) is 67.6 Å². The van der Waals surface area contributed by atoms with E-state index >= 15 is 0 Å². The lowest BCUT2D eigenvalue weighted by molar-refractivity contribution is 0.0932. The van der Waals surface area contributed by atoms with Gasteiger partial charge in [0.2, 0.25) is 0 Å². The lowest BCUT2D eigenvalue weighted by atomic mass is 9.96. The number of piperazine rings is 1. The van der Waals surface area contributed by atoms with Gasteiger partial charge in [-0.15, -0.1) is 0 Å². The quantitative estimate of drug-likeness (QED) is 0.600. The van der Waals surface area contributed by atoms with Crippen LogP contribution >= 0.6 is 0 Å². The summed E-state index contributed by atoms with van der Waals surface area (Å²) in [6.07, 6.45) is 0. The average Bonchev–Trinajstić information content (AvgIpc) is 2.81. The van der Waals surface area contributed by atoms with Gasteiger partial charge in [-0.05, 0) is 24.1 Å². The molecular formula is C26H31N3O3. The molecule has 0 amide bonds. The maximum atomic E-state index is 13.8. The summed E-state index contributed by atoms with van der Waals surface area (Å²) < 4.78 is 1.75. The summed E-state index contributed by atoms with van der Waals surface area (Å²) in [4.78, 5) is 18.3. The van der Waals surface area contributed by atoms with E-state index in [0.29, 0.717) is 18.7 Å². The van der Waals surface area contributed by atoms with Gasteiger partial charge in [-0.1, -0.05) is 60.7 Å². The first kappa shape index (κ1) is 22.3. The summed E-state index contributed by atoms with van der Waals surface area (Å²) in [6, 6.07) is 21.2. The number of aliphatic hydroxyl groups is 1. The monoisotopic (exact) mass is 433 g/mol. The van der Waals surface area contributed by atoms with E-state index in [4.69, 9.17) is 0 Å². The zero-order valence-electron chi connectivity index (χ0n) is 18.5. The van der Waals surface area contributed by atoms with Crippen molar-refractivity contribution in [1.82, 2.24) is 14.4 Å². The summed E-state index contributed by atoms with van der Waals surface area (Å²) in [6.45, 7) is 6.26. The molecule has 32 heavy (non-hydrogen) atoms. The zero-order chi connectivity index (χ0) is 22.5. The van der Waals surface area contributed by atoms with Crippen LogP contribution in [0, 0.1) is 6.92 Å². The second-order valence-corrected chi connectivity index (χ2v) is 8.38. The number of aryl methyl sites for hydroxylation is 1. The maximum absolute atomic E-state index is 13.8. The number of hydrogen-bond acceptors (Lipinski definition) is 5. The van der Waals surface area contributed by atoms with Gasteiger partial charge in [-0.2, -0.15) is 0 Å². The highest BCUT2D eigenvalue weighted by Gasteiger charge is 2.31. The van der Waals surface area contributed by atoms with Crippen LogP contribution in [0.2, 0.25) is 0 Å². The topological polar surface area (TPSA) is 68.9 Å². The van der Waals surface area contributed by atoms with E-state index < -0.39 is 0 Å². The van der Waals surface area contributed by atoms with Gasteiger partial charge < -0.3 is 14.8 Å². The van der Waals surface area contributed by atoms with Gasteiger partial charge in [0, 0.05) is 38.4 Å². The van der Waals surface area contributed by atoms with Gasteiger partial charge in [0.05, 0.1) is 24.8 Å². The van der Waals surface area contributed by atoms with Crippen LogP contribution in [0.15, 0.2) is 71.5 Å². The molecule has 0 saturated carbocycles. The molecule has 1 aromatic heterocycles. The second kappa shape index (κ2) is 10.1. The highest BCUT2D eigenvalue weighted by molar-refractivity contribution is 5.41. The SMILES string of the molecule is Cc1cc(O)c([C@@H](c2ccccc2)N2CCN(CCO)CC2)c(=O)n1Cc1ccccc1. The predicted molar refractivity (Wildman–Crippen MR) is 126 cm³/mol. The van der Waals surface area contributed by atoms with Crippen molar-refractivity contribution in [3.63, 3.8) is 0 Å². The van der Waals surface area contributed by atoms with Crippen molar-refractivity contribution < 1.29 is 10.2 Å². The third kappa shape index (κ3) is 4.78. The Labute approximate surface area is 189 Å². The molecule has 4 rings (SSSR count). The molecule has 2 heterocycles. The number of β-amino-alcohol motifs (C(OH)–C–C–N with tert-alkyl or cyclic N) is 1. The van der Waals surface area contributed by atoms with Crippen molar-refractivity contribution in [2.75, 3.05) is 39.3 Å². The molecule has 6 nitrogen and oxygen atoms in total. The number of aliphatic hydroxyl groups excluding tert-OH is 1. The molecule has 1 aliphatic heterocycles. The summed E-state index contributed by atoms with van der Waals surface area (Å²) >= 11 is 0. The zero-order valence-corrected chi connectivity index (χ0v) is 18.5. The van der Waals surface area contributed by atoms with Crippen molar-refractivity contribution in [2.24, 2.45) is 0 Å². The van der Waals surface area contributed by atoms with Gasteiger partial charge >= 0.3 is 0 Å². The Morgan fingerprint density at radius 1 is 0.938 bits per heavy atom. The van der Waals surface area contributed by atoms with E-state index in [1.54, 1.807) is 10.6 Å². The predicted octanol–water partition coefficient (Wildman–Crippen LogP) is 2.61. The molecule has 1 aliphatic rings.